The van der Waals surface area contributed by atoms with Gasteiger partial charge < -0.3 is 9.84 Å². The molecule has 1 N–H and O–H groups in total. The Morgan fingerprint density at radius 3 is 2.75 bits per heavy atom. The van der Waals surface area contributed by atoms with E-state index in [2.05, 4.69) is 10.1 Å². The summed E-state index contributed by atoms with van der Waals surface area (Å²) in [6.07, 6.45) is 0. The molecule has 0 saturated heterocycles. The molecule has 0 aliphatic heterocycles. The van der Waals surface area contributed by atoms with Gasteiger partial charge >= 0.3 is 0 Å². The predicted molar refractivity (Wildman–Crippen MR) is 77.9 cm³/mol. The lowest BCUT2D eigenvalue weighted by Crippen LogP contribution is -1.97. The lowest BCUT2D eigenvalue weighted by atomic mass is 10.1. The molecular weight excluding hydrogens is 298 g/mol. The second-order valence-electron chi connectivity index (χ2n) is 4.20. The van der Waals surface area contributed by atoms with Gasteiger partial charge in [0, 0.05) is 17.7 Å². The molecule has 3 aromatic rings. The zero-order valence-electron chi connectivity index (χ0n) is 10.7. The molecule has 5 nitrogen and oxygen atoms in total. The average Bonchev–Trinajstić information content (AvgIpc) is 2.96. The maximum absolute atomic E-state index is 9.61. The van der Waals surface area contributed by atoms with Gasteiger partial charge in [-0.15, -0.1) is 0 Å². The van der Waals surface area contributed by atoms with E-state index in [4.69, 9.17) is 16.3 Å². The number of benzene rings is 1. The van der Waals surface area contributed by atoms with Crippen LogP contribution in [0.25, 0.3) is 16.2 Å². The van der Waals surface area contributed by atoms with Crippen LogP contribution in [0.2, 0.25) is 5.02 Å². The first-order valence-corrected chi connectivity index (χ1v) is 7.15. The van der Waals surface area contributed by atoms with Crippen LogP contribution in [0, 0.1) is 0 Å². The second-order valence-corrected chi connectivity index (χ2v) is 5.67. The van der Waals surface area contributed by atoms with Gasteiger partial charge in [-0.2, -0.15) is 5.10 Å². The minimum atomic E-state index is -0.130. The van der Waals surface area contributed by atoms with Gasteiger partial charge in [-0.25, -0.2) is 9.50 Å². The van der Waals surface area contributed by atoms with Crippen LogP contribution in [0.3, 0.4) is 0 Å². The Morgan fingerprint density at radius 2 is 2.10 bits per heavy atom. The van der Waals surface area contributed by atoms with Crippen LogP contribution in [0.1, 0.15) is 10.7 Å². The normalized spacial score (nSPS) is 11.3. The summed E-state index contributed by atoms with van der Waals surface area (Å²) in [5.41, 5.74) is 2.30. The zero-order chi connectivity index (χ0) is 14.1. The number of methoxy groups -OCH3 is 1. The van der Waals surface area contributed by atoms with Gasteiger partial charge in [0.1, 0.15) is 5.01 Å². The van der Waals surface area contributed by atoms with Crippen molar-refractivity contribution < 1.29 is 9.84 Å². The highest BCUT2D eigenvalue weighted by atomic mass is 35.5. The number of fused-ring (bicyclic) bond motifs is 1. The Balaban J connectivity index is 2.11. The first kappa shape index (κ1) is 13.5. The molecule has 7 heteroatoms. The second kappa shape index (κ2) is 5.49. The molecule has 0 atom stereocenters. The van der Waals surface area contributed by atoms with Crippen molar-refractivity contribution in [1.29, 1.82) is 0 Å². The van der Waals surface area contributed by atoms with Gasteiger partial charge in [0.2, 0.25) is 4.96 Å². The van der Waals surface area contributed by atoms with E-state index in [1.54, 1.807) is 23.8 Å². The maximum Gasteiger partial charge on any atom is 0.213 e. The summed E-state index contributed by atoms with van der Waals surface area (Å²) in [5, 5.41) is 15.5. The molecule has 0 aliphatic carbocycles. The summed E-state index contributed by atoms with van der Waals surface area (Å²) in [5.74, 6) is 0. The van der Waals surface area contributed by atoms with Crippen molar-refractivity contribution in [2.45, 2.75) is 13.2 Å². The molecule has 1 aromatic carbocycles. The number of rotatable bonds is 4. The number of aromatic nitrogens is 3. The number of hydrogen-bond donors (Lipinski definition) is 1. The summed E-state index contributed by atoms with van der Waals surface area (Å²) >= 11 is 7.34. The number of aliphatic hydroxyl groups excluding tert-OH is 1. The highest BCUT2D eigenvalue weighted by Gasteiger charge is 2.17. The Morgan fingerprint density at radius 1 is 1.35 bits per heavy atom. The SMILES string of the molecule is COCc1nn2c(CO)c(-c3ccc(Cl)cc3)nc2s1. The van der Waals surface area contributed by atoms with E-state index in [1.165, 1.54) is 11.3 Å². The Kier molecular flexibility index (Phi) is 3.71. The van der Waals surface area contributed by atoms with Crippen LogP contribution in [-0.4, -0.2) is 26.8 Å². The van der Waals surface area contributed by atoms with Crippen molar-refractivity contribution in [2.75, 3.05) is 7.11 Å². The average molecular weight is 310 g/mol. The largest absolute Gasteiger partial charge is 0.390 e. The molecule has 20 heavy (non-hydrogen) atoms. The van der Waals surface area contributed by atoms with Crippen LogP contribution >= 0.6 is 22.9 Å². The topological polar surface area (TPSA) is 59.7 Å². The van der Waals surface area contributed by atoms with Crippen LogP contribution in [0.5, 0.6) is 0 Å². The Hall–Kier alpha value is -1.47. The summed E-state index contributed by atoms with van der Waals surface area (Å²) in [4.78, 5) is 5.29. The van der Waals surface area contributed by atoms with E-state index in [1.807, 2.05) is 12.1 Å². The quantitative estimate of drug-likeness (QED) is 0.805. The molecule has 0 spiro atoms. The Labute approximate surface area is 124 Å². The van der Waals surface area contributed by atoms with Crippen molar-refractivity contribution in [3.63, 3.8) is 0 Å². The molecule has 0 amide bonds. The molecule has 0 unspecified atom stereocenters. The molecular formula is C13H12ClN3O2S. The molecule has 3 rings (SSSR count). The van der Waals surface area contributed by atoms with E-state index in [0.717, 1.165) is 21.2 Å². The fourth-order valence-electron chi connectivity index (χ4n) is 1.99. The summed E-state index contributed by atoms with van der Waals surface area (Å²) in [7, 11) is 1.62. The van der Waals surface area contributed by atoms with Crippen molar-refractivity contribution in [3.05, 3.63) is 40.0 Å². The maximum atomic E-state index is 9.61. The van der Waals surface area contributed by atoms with Crippen molar-refractivity contribution in [3.8, 4) is 11.3 Å². The number of hydrogen-bond acceptors (Lipinski definition) is 5. The van der Waals surface area contributed by atoms with Crippen molar-refractivity contribution in [2.24, 2.45) is 0 Å². The Bertz CT molecular complexity index is 736. The zero-order valence-corrected chi connectivity index (χ0v) is 12.3. The predicted octanol–water partition coefficient (Wildman–Crippen LogP) is 2.75. The fraction of sp³-hybridized carbons (Fsp3) is 0.231. The van der Waals surface area contributed by atoms with Crippen molar-refractivity contribution >= 4 is 27.9 Å². The third-order valence-electron chi connectivity index (χ3n) is 2.87. The van der Waals surface area contributed by atoms with Crippen LogP contribution < -0.4 is 0 Å². The van der Waals surface area contributed by atoms with Crippen LogP contribution in [0.15, 0.2) is 24.3 Å². The molecule has 2 heterocycles. The molecule has 0 bridgehead atoms. The number of halogens is 1. The van der Waals surface area contributed by atoms with Gasteiger partial charge in [0.25, 0.3) is 0 Å². The molecule has 0 radical (unpaired) electrons. The summed E-state index contributed by atoms with van der Waals surface area (Å²) < 4.78 is 6.73. The van der Waals surface area contributed by atoms with E-state index >= 15 is 0 Å². The van der Waals surface area contributed by atoms with E-state index in [0.29, 0.717) is 17.3 Å². The molecule has 0 saturated carbocycles. The van der Waals surface area contributed by atoms with Crippen LogP contribution in [0.4, 0.5) is 0 Å². The van der Waals surface area contributed by atoms with E-state index in [9.17, 15) is 5.11 Å². The molecule has 0 fully saturated rings. The van der Waals surface area contributed by atoms with Crippen molar-refractivity contribution in [1.82, 2.24) is 14.6 Å². The highest BCUT2D eigenvalue weighted by Crippen LogP contribution is 2.28. The highest BCUT2D eigenvalue weighted by molar-refractivity contribution is 7.16. The minimum Gasteiger partial charge on any atom is -0.390 e. The first-order chi connectivity index (χ1) is 9.72. The summed E-state index contributed by atoms with van der Waals surface area (Å²) in [6, 6.07) is 7.36. The standard InChI is InChI=1S/C13H12ClN3O2S/c1-19-7-11-16-17-10(6-18)12(15-13(17)20-11)8-2-4-9(14)5-3-8/h2-5,18H,6-7H2,1H3. The van der Waals surface area contributed by atoms with Gasteiger partial charge in [-0.05, 0) is 12.1 Å². The lowest BCUT2D eigenvalue weighted by molar-refractivity contribution is 0.183. The molecule has 2 aromatic heterocycles. The first-order valence-electron chi connectivity index (χ1n) is 5.96. The number of imidazole rings is 1. The number of nitrogens with zero attached hydrogens (tertiary/aromatic N) is 3. The third kappa shape index (κ3) is 2.31. The van der Waals surface area contributed by atoms with Gasteiger partial charge in [0.05, 0.1) is 24.6 Å². The van der Waals surface area contributed by atoms with E-state index in [-0.39, 0.29) is 6.61 Å². The van der Waals surface area contributed by atoms with Gasteiger partial charge in [0.15, 0.2) is 0 Å². The van der Waals surface area contributed by atoms with E-state index < -0.39 is 0 Å². The minimum absolute atomic E-state index is 0.130. The van der Waals surface area contributed by atoms with Crippen LogP contribution in [-0.2, 0) is 18.0 Å². The number of ether oxygens (including phenoxy) is 1. The molecule has 104 valence electrons. The monoisotopic (exact) mass is 309 g/mol. The molecule has 0 aliphatic rings. The lowest BCUT2D eigenvalue weighted by Gasteiger charge is -2.01. The third-order valence-corrected chi connectivity index (χ3v) is 4.01. The van der Waals surface area contributed by atoms with Gasteiger partial charge in [-0.1, -0.05) is 35.1 Å². The number of aliphatic hydroxyl groups is 1. The summed E-state index contributed by atoms with van der Waals surface area (Å²) in [6.45, 7) is 0.310. The smallest absolute Gasteiger partial charge is 0.213 e. The van der Waals surface area contributed by atoms with Gasteiger partial charge in [-0.3, -0.25) is 0 Å². The fourth-order valence-corrected chi connectivity index (χ4v) is 3.00.